The third-order valence-corrected chi connectivity index (χ3v) is 2.93. The van der Waals surface area contributed by atoms with Crippen molar-refractivity contribution in [2.24, 2.45) is 5.84 Å². The Morgan fingerprint density at radius 3 is 2.76 bits per heavy atom. The van der Waals surface area contributed by atoms with Crippen LogP contribution in [0, 0.1) is 0 Å². The second-order valence-corrected chi connectivity index (χ2v) is 4.19. The summed E-state index contributed by atoms with van der Waals surface area (Å²) < 4.78 is 7.51. The summed E-state index contributed by atoms with van der Waals surface area (Å²) in [5, 5.41) is 4.32. The lowest BCUT2D eigenvalue weighted by Crippen LogP contribution is -2.39. The number of nitrogens with one attached hydrogen (secondary N) is 1. The first kappa shape index (κ1) is 14.2. The van der Waals surface area contributed by atoms with Gasteiger partial charge in [-0.15, -0.1) is 0 Å². The van der Waals surface area contributed by atoms with E-state index in [1.807, 2.05) is 16.9 Å². The number of aryl methyl sites for hydroxylation is 1. The van der Waals surface area contributed by atoms with Crippen LogP contribution in [0.5, 0.6) is 0 Å². The zero-order chi connectivity index (χ0) is 12.7. The smallest absolute Gasteiger partial charge is 0.0890 e. The Hall–Kier alpha value is -0.910. The first-order chi connectivity index (χ1) is 8.28. The SMILES string of the molecule is CCCC(OC)C(NN)c1ccnn1CCC. The van der Waals surface area contributed by atoms with Gasteiger partial charge in [0.25, 0.3) is 0 Å². The van der Waals surface area contributed by atoms with E-state index in [2.05, 4.69) is 24.4 Å². The molecule has 17 heavy (non-hydrogen) atoms. The van der Waals surface area contributed by atoms with Crippen molar-refractivity contribution in [2.75, 3.05) is 7.11 Å². The van der Waals surface area contributed by atoms with Crippen molar-refractivity contribution in [1.82, 2.24) is 15.2 Å². The first-order valence-corrected chi connectivity index (χ1v) is 6.29. The van der Waals surface area contributed by atoms with Gasteiger partial charge < -0.3 is 4.74 Å². The molecule has 0 aliphatic heterocycles. The lowest BCUT2D eigenvalue weighted by Gasteiger charge is -2.25. The van der Waals surface area contributed by atoms with Crippen molar-refractivity contribution in [3.63, 3.8) is 0 Å². The molecule has 1 aromatic heterocycles. The van der Waals surface area contributed by atoms with Gasteiger partial charge in [-0.1, -0.05) is 20.3 Å². The number of aromatic nitrogens is 2. The molecule has 0 saturated heterocycles. The zero-order valence-electron chi connectivity index (χ0n) is 11.0. The van der Waals surface area contributed by atoms with Crippen LogP contribution in [-0.2, 0) is 11.3 Å². The minimum absolute atomic E-state index is 0.00556. The molecule has 5 heteroatoms. The summed E-state index contributed by atoms with van der Waals surface area (Å²) in [6.07, 6.45) is 4.99. The Bertz CT molecular complexity index is 313. The van der Waals surface area contributed by atoms with Crippen molar-refractivity contribution >= 4 is 0 Å². The number of hydrogen-bond donors (Lipinski definition) is 2. The summed E-state index contributed by atoms with van der Waals surface area (Å²) in [4.78, 5) is 0. The van der Waals surface area contributed by atoms with Gasteiger partial charge in [0.2, 0.25) is 0 Å². The summed E-state index contributed by atoms with van der Waals surface area (Å²) in [5.74, 6) is 5.66. The molecular formula is C12H24N4O. The second-order valence-electron chi connectivity index (χ2n) is 4.19. The fraction of sp³-hybridized carbons (Fsp3) is 0.750. The van der Waals surface area contributed by atoms with Crippen LogP contribution in [0.25, 0.3) is 0 Å². The number of hydrazine groups is 1. The third kappa shape index (κ3) is 3.52. The van der Waals surface area contributed by atoms with Crippen molar-refractivity contribution in [3.8, 4) is 0 Å². The van der Waals surface area contributed by atoms with Crippen LogP contribution < -0.4 is 11.3 Å². The second kappa shape index (κ2) is 7.42. The van der Waals surface area contributed by atoms with Crippen LogP contribution in [-0.4, -0.2) is 23.0 Å². The van der Waals surface area contributed by atoms with Gasteiger partial charge in [0.1, 0.15) is 0 Å². The maximum absolute atomic E-state index is 5.66. The molecule has 2 atom stereocenters. The van der Waals surface area contributed by atoms with Crippen molar-refractivity contribution in [1.29, 1.82) is 0 Å². The van der Waals surface area contributed by atoms with E-state index in [1.54, 1.807) is 7.11 Å². The molecule has 5 nitrogen and oxygen atoms in total. The quantitative estimate of drug-likeness (QED) is 0.535. The summed E-state index contributed by atoms with van der Waals surface area (Å²) in [7, 11) is 1.73. The van der Waals surface area contributed by atoms with Gasteiger partial charge in [-0.25, -0.2) is 5.43 Å². The van der Waals surface area contributed by atoms with Gasteiger partial charge in [0, 0.05) is 19.9 Å². The molecule has 0 aliphatic rings. The molecule has 0 radical (unpaired) electrons. The van der Waals surface area contributed by atoms with Crippen LogP contribution >= 0.6 is 0 Å². The van der Waals surface area contributed by atoms with Gasteiger partial charge in [-0.3, -0.25) is 10.5 Å². The number of nitrogens with zero attached hydrogens (tertiary/aromatic N) is 2. The molecule has 0 amide bonds. The first-order valence-electron chi connectivity index (χ1n) is 6.29. The lowest BCUT2D eigenvalue weighted by molar-refractivity contribution is 0.0577. The van der Waals surface area contributed by atoms with Crippen molar-refractivity contribution in [3.05, 3.63) is 18.0 Å². The summed E-state index contributed by atoms with van der Waals surface area (Å²) in [6, 6.07) is 2.00. The van der Waals surface area contributed by atoms with Crippen LogP contribution in [0.4, 0.5) is 0 Å². The Morgan fingerprint density at radius 1 is 1.47 bits per heavy atom. The van der Waals surface area contributed by atoms with Crippen molar-refractivity contribution in [2.45, 2.75) is 51.8 Å². The number of hydrogen-bond acceptors (Lipinski definition) is 4. The molecule has 0 aliphatic carbocycles. The van der Waals surface area contributed by atoms with Crippen LogP contribution in [0.1, 0.15) is 44.8 Å². The number of rotatable bonds is 8. The molecule has 0 aromatic carbocycles. The molecule has 1 rings (SSSR count). The molecule has 0 bridgehead atoms. The van der Waals surface area contributed by atoms with E-state index < -0.39 is 0 Å². The predicted molar refractivity (Wildman–Crippen MR) is 68.3 cm³/mol. The summed E-state index contributed by atoms with van der Waals surface area (Å²) >= 11 is 0. The molecule has 0 fully saturated rings. The highest BCUT2D eigenvalue weighted by molar-refractivity contribution is 5.09. The standard InChI is InChI=1S/C12H24N4O/c1-4-6-11(17-3)12(15-13)10-7-8-14-16(10)9-5-2/h7-8,11-12,15H,4-6,9,13H2,1-3H3. The fourth-order valence-corrected chi connectivity index (χ4v) is 2.09. The van der Waals surface area contributed by atoms with Gasteiger partial charge in [-0.05, 0) is 18.9 Å². The Morgan fingerprint density at radius 2 is 2.24 bits per heavy atom. The lowest BCUT2D eigenvalue weighted by atomic mass is 10.0. The molecule has 2 unspecified atom stereocenters. The summed E-state index contributed by atoms with van der Waals surface area (Å²) in [5.41, 5.74) is 3.95. The number of nitrogens with two attached hydrogens (primary N) is 1. The highest BCUT2D eigenvalue weighted by Crippen LogP contribution is 2.21. The number of ether oxygens (including phenoxy) is 1. The molecule has 3 N–H and O–H groups in total. The van der Waals surface area contributed by atoms with Gasteiger partial charge in [-0.2, -0.15) is 5.10 Å². The Kier molecular flexibility index (Phi) is 6.18. The molecule has 1 aromatic rings. The maximum Gasteiger partial charge on any atom is 0.0890 e. The minimum atomic E-state index is -0.00556. The topological polar surface area (TPSA) is 65.1 Å². The van der Waals surface area contributed by atoms with E-state index in [-0.39, 0.29) is 12.1 Å². The molecular weight excluding hydrogens is 216 g/mol. The van der Waals surface area contributed by atoms with Crippen LogP contribution in [0.15, 0.2) is 12.3 Å². The highest BCUT2D eigenvalue weighted by Gasteiger charge is 2.24. The molecule has 0 spiro atoms. The molecule has 0 saturated carbocycles. The Balaban J connectivity index is 2.86. The van der Waals surface area contributed by atoms with Crippen molar-refractivity contribution < 1.29 is 4.74 Å². The van der Waals surface area contributed by atoms with Crippen LogP contribution in [0.2, 0.25) is 0 Å². The normalized spacial score (nSPS) is 14.8. The van der Waals surface area contributed by atoms with Gasteiger partial charge in [0.15, 0.2) is 0 Å². The molecule has 98 valence electrons. The minimum Gasteiger partial charge on any atom is -0.379 e. The number of methoxy groups -OCH3 is 1. The average molecular weight is 240 g/mol. The van der Waals surface area contributed by atoms with Crippen LogP contribution in [0.3, 0.4) is 0 Å². The van der Waals surface area contributed by atoms with E-state index in [1.165, 1.54) is 0 Å². The highest BCUT2D eigenvalue weighted by atomic mass is 16.5. The van der Waals surface area contributed by atoms with E-state index in [9.17, 15) is 0 Å². The van der Waals surface area contributed by atoms with E-state index in [4.69, 9.17) is 10.6 Å². The summed E-state index contributed by atoms with van der Waals surface area (Å²) in [6.45, 7) is 5.18. The third-order valence-electron chi connectivity index (χ3n) is 2.93. The maximum atomic E-state index is 5.66. The predicted octanol–water partition coefficient (Wildman–Crippen LogP) is 1.61. The van der Waals surface area contributed by atoms with Gasteiger partial charge >= 0.3 is 0 Å². The van der Waals surface area contributed by atoms with E-state index in [0.29, 0.717) is 0 Å². The largest absolute Gasteiger partial charge is 0.379 e. The zero-order valence-corrected chi connectivity index (χ0v) is 11.0. The average Bonchev–Trinajstić information content (AvgIpc) is 2.78. The van der Waals surface area contributed by atoms with Gasteiger partial charge in [0.05, 0.1) is 17.8 Å². The van der Waals surface area contributed by atoms with E-state index in [0.717, 1.165) is 31.5 Å². The van der Waals surface area contributed by atoms with E-state index >= 15 is 0 Å². The monoisotopic (exact) mass is 240 g/mol. The molecule has 1 heterocycles. The Labute approximate surface area is 103 Å². The fourth-order valence-electron chi connectivity index (χ4n) is 2.09.